The van der Waals surface area contributed by atoms with Crippen LogP contribution in [-0.4, -0.2) is 66.4 Å². The summed E-state index contributed by atoms with van der Waals surface area (Å²) in [7, 11) is 0. The van der Waals surface area contributed by atoms with Gasteiger partial charge in [0, 0.05) is 38.8 Å². The molecule has 0 aromatic heterocycles. The number of rotatable bonds is 8. The lowest BCUT2D eigenvalue weighted by molar-refractivity contribution is -0.128. The number of nitrogens with one attached hydrogen (secondary N) is 2. The van der Waals surface area contributed by atoms with Crippen LogP contribution in [0.25, 0.3) is 0 Å². The highest BCUT2D eigenvalue weighted by Gasteiger charge is 2.26. The zero-order chi connectivity index (χ0) is 18.9. The van der Waals surface area contributed by atoms with Crippen molar-refractivity contribution in [3.05, 3.63) is 35.9 Å². The maximum Gasteiger partial charge on any atom is 0.237 e. The molecule has 1 saturated heterocycles. The van der Waals surface area contributed by atoms with Crippen LogP contribution in [0, 0.1) is 0 Å². The molecule has 0 radical (unpaired) electrons. The number of benzene rings is 1. The maximum absolute atomic E-state index is 12.4. The molecule has 2 atom stereocenters. The number of carbonyl (C=O) groups excluding carboxylic acids is 2. The largest absolute Gasteiger partial charge is 0.353 e. The van der Waals surface area contributed by atoms with Crippen molar-refractivity contribution < 1.29 is 9.59 Å². The minimum absolute atomic E-state index is 0.0526. The predicted molar refractivity (Wildman–Crippen MR) is 104 cm³/mol. The van der Waals surface area contributed by atoms with E-state index in [2.05, 4.69) is 27.4 Å². The average Bonchev–Trinajstić information content (AvgIpc) is 2.66. The molecule has 1 aliphatic heterocycles. The maximum atomic E-state index is 12.4. The van der Waals surface area contributed by atoms with Crippen LogP contribution in [0.2, 0.25) is 0 Å². The quantitative estimate of drug-likeness (QED) is 0.732. The van der Waals surface area contributed by atoms with E-state index in [9.17, 15) is 9.59 Å². The third-order valence-electron chi connectivity index (χ3n) is 5.03. The molecule has 6 heteroatoms. The Labute approximate surface area is 156 Å². The summed E-state index contributed by atoms with van der Waals surface area (Å²) >= 11 is 0. The van der Waals surface area contributed by atoms with Crippen LogP contribution in [-0.2, 0) is 16.1 Å². The molecular formula is C20H32N4O2. The van der Waals surface area contributed by atoms with Crippen molar-refractivity contribution in [3.8, 4) is 0 Å². The van der Waals surface area contributed by atoms with E-state index in [4.69, 9.17) is 0 Å². The number of amides is 2. The van der Waals surface area contributed by atoms with Gasteiger partial charge in [0.2, 0.25) is 11.8 Å². The van der Waals surface area contributed by atoms with Gasteiger partial charge in [-0.15, -0.1) is 0 Å². The molecule has 0 aliphatic carbocycles. The lowest BCUT2D eigenvalue weighted by Gasteiger charge is -2.37. The Hall–Kier alpha value is -1.92. The summed E-state index contributed by atoms with van der Waals surface area (Å²) in [5, 5.41) is 6.01. The molecule has 1 aromatic rings. The number of carbonyl (C=O) groups is 2. The van der Waals surface area contributed by atoms with Gasteiger partial charge in [-0.25, -0.2) is 0 Å². The van der Waals surface area contributed by atoms with E-state index < -0.39 is 0 Å². The Balaban J connectivity index is 1.71. The highest BCUT2D eigenvalue weighted by Crippen LogP contribution is 2.07. The molecule has 1 aromatic carbocycles. The van der Waals surface area contributed by atoms with Gasteiger partial charge in [0.1, 0.15) is 0 Å². The molecule has 2 amide bonds. The third kappa shape index (κ3) is 6.42. The first-order valence-electron chi connectivity index (χ1n) is 9.57. The van der Waals surface area contributed by atoms with Crippen LogP contribution in [0.15, 0.2) is 30.3 Å². The molecule has 6 nitrogen and oxygen atoms in total. The van der Waals surface area contributed by atoms with Crippen molar-refractivity contribution in [1.82, 2.24) is 20.4 Å². The topological polar surface area (TPSA) is 64.7 Å². The number of nitrogens with zero attached hydrogens (tertiary/aromatic N) is 2. The molecule has 2 rings (SSSR count). The van der Waals surface area contributed by atoms with Crippen LogP contribution in [0.3, 0.4) is 0 Å². The summed E-state index contributed by atoms with van der Waals surface area (Å²) in [6.07, 6.45) is 0.940. The molecular weight excluding hydrogens is 328 g/mol. The first kappa shape index (κ1) is 20.4. The zero-order valence-electron chi connectivity index (χ0n) is 16.2. The first-order chi connectivity index (χ1) is 12.5. The van der Waals surface area contributed by atoms with Crippen LogP contribution in [0.1, 0.15) is 32.8 Å². The number of hydrogen-bond donors (Lipinski definition) is 2. The van der Waals surface area contributed by atoms with E-state index in [0.717, 1.165) is 38.2 Å². The second-order valence-corrected chi connectivity index (χ2v) is 7.07. The SMILES string of the molecule is CCC(C)NC(=O)CN1CCN(C(C)C(=O)NCc2ccccc2)CC1. The summed E-state index contributed by atoms with van der Waals surface area (Å²) in [5.41, 5.74) is 1.10. The lowest BCUT2D eigenvalue weighted by Crippen LogP contribution is -2.55. The third-order valence-corrected chi connectivity index (χ3v) is 5.03. The molecule has 0 saturated carbocycles. The van der Waals surface area contributed by atoms with E-state index in [1.165, 1.54) is 0 Å². The van der Waals surface area contributed by atoms with Crippen LogP contribution < -0.4 is 10.6 Å². The molecule has 2 N–H and O–H groups in total. The van der Waals surface area contributed by atoms with Gasteiger partial charge < -0.3 is 10.6 Å². The molecule has 0 spiro atoms. The second-order valence-electron chi connectivity index (χ2n) is 7.07. The average molecular weight is 361 g/mol. The zero-order valence-corrected chi connectivity index (χ0v) is 16.2. The summed E-state index contributed by atoms with van der Waals surface area (Å²) in [6, 6.07) is 9.99. The van der Waals surface area contributed by atoms with E-state index in [1.807, 2.05) is 44.2 Å². The Morgan fingerprint density at radius 1 is 1.08 bits per heavy atom. The molecule has 26 heavy (non-hydrogen) atoms. The van der Waals surface area contributed by atoms with Gasteiger partial charge in [0.15, 0.2) is 0 Å². The predicted octanol–water partition coefficient (Wildman–Crippen LogP) is 1.22. The monoisotopic (exact) mass is 360 g/mol. The molecule has 1 aliphatic rings. The number of hydrogen-bond acceptors (Lipinski definition) is 4. The summed E-state index contributed by atoms with van der Waals surface area (Å²) in [5.74, 6) is 0.137. The van der Waals surface area contributed by atoms with Gasteiger partial charge >= 0.3 is 0 Å². The minimum atomic E-state index is -0.158. The molecule has 1 fully saturated rings. The van der Waals surface area contributed by atoms with Gasteiger partial charge in [0.25, 0.3) is 0 Å². The smallest absolute Gasteiger partial charge is 0.237 e. The van der Waals surface area contributed by atoms with Gasteiger partial charge in [0.05, 0.1) is 12.6 Å². The molecule has 1 heterocycles. The second kappa shape index (κ2) is 10.3. The van der Waals surface area contributed by atoms with Gasteiger partial charge in [-0.05, 0) is 25.8 Å². The summed E-state index contributed by atoms with van der Waals surface area (Å²) in [6.45, 7) is 10.2. The molecule has 0 bridgehead atoms. The van der Waals surface area contributed by atoms with Crippen LogP contribution in [0.4, 0.5) is 0 Å². The van der Waals surface area contributed by atoms with Crippen molar-refractivity contribution >= 4 is 11.8 Å². The Morgan fingerprint density at radius 3 is 2.35 bits per heavy atom. The highest BCUT2D eigenvalue weighted by atomic mass is 16.2. The van der Waals surface area contributed by atoms with Crippen molar-refractivity contribution in [3.63, 3.8) is 0 Å². The van der Waals surface area contributed by atoms with E-state index in [1.54, 1.807) is 0 Å². The first-order valence-corrected chi connectivity index (χ1v) is 9.57. The van der Waals surface area contributed by atoms with E-state index >= 15 is 0 Å². The Bertz CT molecular complexity index is 570. The minimum Gasteiger partial charge on any atom is -0.353 e. The fraction of sp³-hybridized carbons (Fsp3) is 0.600. The summed E-state index contributed by atoms with van der Waals surface area (Å²) in [4.78, 5) is 28.7. The molecule has 2 unspecified atom stereocenters. The van der Waals surface area contributed by atoms with Gasteiger partial charge in [-0.2, -0.15) is 0 Å². The van der Waals surface area contributed by atoms with Gasteiger partial charge in [-0.1, -0.05) is 37.3 Å². The Morgan fingerprint density at radius 2 is 1.73 bits per heavy atom. The highest BCUT2D eigenvalue weighted by molar-refractivity contribution is 5.81. The lowest BCUT2D eigenvalue weighted by atomic mass is 10.2. The number of piperazine rings is 1. The summed E-state index contributed by atoms with van der Waals surface area (Å²) < 4.78 is 0. The van der Waals surface area contributed by atoms with Crippen molar-refractivity contribution in [2.75, 3.05) is 32.7 Å². The normalized spacial score (nSPS) is 18.1. The van der Waals surface area contributed by atoms with Crippen molar-refractivity contribution in [1.29, 1.82) is 0 Å². The fourth-order valence-electron chi connectivity index (χ4n) is 3.03. The van der Waals surface area contributed by atoms with E-state index in [0.29, 0.717) is 13.1 Å². The van der Waals surface area contributed by atoms with Crippen molar-refractivity contribution in [2.45, 2.75) is 45.8 Å². The van der Waals surface area contributed by atoms with Crippen molar-refractivity contribution in [2.24, 2.45) is 0 Å². The van der Waals surface area contributed by atoms with Crippen LogP contribution in [0.5, 0.6) is 0 Å². The standard InChI is InChI=1S/C20H32N4O2/c1-4-16(2)22-19(25)15-23-10-12-24(13-11-23)17(3)20(26)21-14-18-8-6-5-7-9-18/h5-9,16-17H,4,10-15H2,1-3H3,(H,21,26)(H,22,25). The fourth-order valence-corrected chi connectivity index (χ4v) is 3.03. The Kier molecular flexibility index (Phi) is 8.06. The van der Waals surface area contributed by atoms with Gasteiger partial charge in [-0.3, -0.25) is 19.4 Å². The van der Waals surface area contributed by atoms with Crippen LogP contribution >= 0.6 is 0 Å². The van der Waals surface area contributed by atoms with E-state index in [-0.39, 0.29) is 23.9 Å². The molecule has 144 valence electrons.